The summed E-state index contributed by atoms with van der Waals surface area (Å²) in [5, 5.41) is 17.6. The Kier molecular flexibility index (Phi) is 15.5. The quantitative estimate of drug-likeness (QED) is 0.283. The minimum Gasteiger partial charge on any atom is -0.394 e. The molecule has 0 rings (SSSR count). The van der Waals surface area contributed by atoms with Crippen LogP contribution in [0.1, 0.15) is 77.6 Å². The zero-order valence-electron chi connectivity index (χ0n) is 14.4. The van der Waals surface area contributed by atoms with Gasteiger partial charge in [-0.15, -0.1) is 0 Å². The molecule has 0 saturated heterocycles. The van der Waals surface area contributed by atoms with Crippen molar-refractivity contribution in [2.24, 2.45) is 5.73 Å². The highest BCUT2D eigenvalue weighted by Crippen LogP contribution is 2.17. The first-order chi connectivity index (χ1) is 10.7. The van der Waals surface area contributed by atoms with Crippen molar-refractivity contribution in [2.75, 3.05) is 26.4 Å². The molecule has 134 valence electrons. The Morgan fingerprint density at radius 1 is 0.727 bits per heavy atom. The van der Waals surface area contributed by atoms with Gasteiger partial charge in [0.15, 0.2) is 0 Å². The molecule has 0 aliphatic heterocycles. The molecule has 0 aromatic rings. The van der Waals surface area contributed by atoms with Gasteiger partial charge in [-0.05, 0) is 6.42 Å². The van der Waals surface area contributed by atoms with Gasteiger partial charge in [-0.2, -0.15) is 0 Å². The fraction of sp³-hybridized carbons (Fsp3) is 1.00. The maximum Gasteiger partial charge on any atom is 0.224 e. The predicted octanol–water partition coefficient (Wildman–Crippen LogP) is 2.93. The molecule has 0 bridgehead atoms. The van der Waals surface area contributed by atoms with Crippen LogP contribution in [0.25, 0.3) is 0 Å². The van der Waals surface area contributed by atoms with Gasteiger partial charge in [-0.25, -0.2) is 0 Å². The summed E-state index contributed by atoms with van der Waals surface area (Å²) in [5.74, 6) is -1.17. The van der Waals surface area contributed by atoms with E-state index in [0.29, 0.717) is 6.42 Å². The topological polar surface area (TPSA) is 84.9 Å². The van der Waals surface area contributed by atoms with Gasteiger partial charge >= 0.3 is 0 Å². The molecular formula is C17H37NO4. The summed E-state index contributed by atoms with van der Waals surface area (Å²) in [7, 11) is 0. The lowest BCUT2D eigenvalue weighted by Gasteiger charge is -2.29. The van der Waals surface area contributed by atoms with Gasteiger partial charge in [0.2, 0.25) is 5.91 Å². The molecule has 0 aromatic carbocycles. The molecule has 0 aliphatic rings. The highest BCUT2D eigenvalue weighted by molar-refractivity contribution is 4.62. The summed E-state index contributed by atoms with van der Waals surface area (Å²) in [4.78, 5) is 0. The van der Waals surface area contributed by atoms with E-state index in [1.165, 1.54) is 51.4 Å². The number of hydrogen-bond acceptors (Lipinski definition) is 5. The van der Waals surface area contributed by atoms with Crippen LogP contribution in [0, 0.1) is 0 Å². The zero-order chi connectivity index (χ0) is 16.5. The van der Waals surface area contributed by atoms with Gasteiger partial charge in [-0.1, -0.05) is 64.7 Å². The van der Waals surface area contributed by atoms with Crippen LogP contribution in [0.5, 0.6) is 0 Å². The van der Waals surface area contributed by atoms with Crippen molar-refractivity contribution in [1.82, 2.24) is 0 Å². The molecule has 22 heavy (non-hydrogen) atoms. The molecule has 4 N–H and O–H groups in total. The second-order valence-corrected chi connectivity index (χ2v) is 5.89. The average Bonchev–Trinajstić information content (AvgIpc) is 2.53. The summed E-state index contributed by atoms with van der Waals surface area (Å²) >= 11 is 0. The third-order valence-corrected chi connectivity index (χ3v) is 3.75. The van der Waals surface area contributed by atoms with Crippen molar-refractivity contribution in [3.63, 3.8) is 0 Å². The number of aliphatic hydroxyl groups is 2. The van der Waals surface area contributed by atoms with Gasteiger partial charge in [0, 0.05) is 6.42 Å². The first-order valence-electron chi connectivity index (χ1n) is 8.97. The van der Waals surface area contributed by atoms with Crippen LogP contribution >= 0.6 is 0 Å². The highest BCUT2D eigenvalue weighted by atomic mass is 16.7. The average molecular weight is 319 g/mol. The molecule has 0 unspecified atom stereocenters. The van der Waals surface area contributed by atoms with Crippen LogP contribution in [0.2, 0.25) is 0 Å². The van der Waals surface area contributed by atoms with Crippen LogP contribution in [0.4, 0.5) is 0 Å². The lowest BCUT2D eigenvalue weighted by molar-refractivity contribution is -0.244. The molecule has 0 aromatic heterocycles. The Labute approximate surface area is 136 Å². The Hall–Kier alpha value is -0.200. The minimum atomic E-state index is -1.17. The van der Waals surface area contributed by atoms with Gasteiger partial charge in [0.1, 0.15) is 0 Å². The second kappa shape index (κ2) is 15.7. The smallest absolute Gasteiger partial charge is 0.224 e. The van der Waals surface area contributed by atoms with E-state index in [9.17, 15) is 0 Å². The number of nitrogens with two attached hydrogens (primary N) is 1. The first-order valence-corrected chi connectivity index (χ1v) is 8.97. The molecule has 5 heteroatoms. The van der Waals surface area contributed by atoms with Crippen LogP contribution in [0.3, 0.4) is 0 Å². The molecule has 0 aliphatic carbocycles. The monoisotopic (exact) mass is 319 g/mol. The number of ether oxygens (including phenoxy) is 2. The normalized spacial score (nSPS) is 12.0. The second-order valence-electron chi connectivity index (χ2n) is 5.89. The van der Waals surface area contributed by atoms with Gasteiger partial charge in [0.25, 0.3) is 0 Å². The lowest BCUT2D eigenvalue weighted by atomic mass is 10.1. The highest BCUT2D eigenvalue weighted by Gasteiger charge is 2.25. The van der Waals surface area contributed by atoms with Crippen molar-refractivity contribution in [2.45, 2.75) is 83.5 Å². The van der Waals surface area contributed by atoms with E-state index in [-0.39, 0.29) is 26.4 Å². The molecule has 0 heterocycles. The van der Waals surface area contributed by atoms with Crippen molar-refractivity contribution in [1.29, 1.82) is 0 Å². The molecule has 0 spiro atoms. The lowest BCUT2D eigenvalue weighted by Crippen LogP contribution is -2.46. The number of rotatable bonds is 17. The minimum absolute atomic E-state index is 0.0839. The number of unbranched alkanes of at least 4 members (excludes halogenated alkanes) is 9. The van der Waals surface area contributed by atoms with Crippen molar-refractivity contribution in [3.8, 4) is 0 Å². The van der Waals surface area contributed by atoms with Gasteiger partial charge in [-0.3, -0.25) is 5.73 Å². The number of aliphatic hydroxyl groups excluding tert-OH is 2. The largest absolute Gasteiger partial charge is 0.394 e. The fourth-order valence-electron chi connectivity index (χ4n) is 2.48. The maximum atomic E-state index is 8.82. The molecule has 0 fully saturated rings. The summed E-state index contributed by atoms with van der Waals surface area (Å²) in [6, 6.07) is 0. The van der Waals surface area contributed by atoms with E-state index < -0.39 is 5.91 Å². The van der Waals surface area contributed by atoms with Crippen molar-refractivity contribution in [3.05, 3.63) is 0 Å². The molecule has 0 amide bonds. The van der Waals surface area contributed by atoms with E-state index >= 15 is 0 Å². The Morgan fingerprint density at radius 2 is 1.14 bits per heavy atom. The Morgan fingerprint density at radius 3 is 1.55 bits per heavy atom. The fourth-order valence-corrected chi connectivity index (χ4v) is 2.48. The number of hydrogen-bond donors (Lipinski definition) is 3. The van der Waals surface area contributed by atoms with E-state index in [1.54, 1.807) is 0 Å². The summed E-state index contributed by atoms with van der Waals surface area (Å²) < 4.78 is 10.7. The molecule has 0 radical (unpaired) electrons. The van der Waals surface area contributed by atoms with E-state index in [1.807, 2.05) is 0 Å². The van der Waals surface area contributed by atoms with E-state index in [2.05, 4.69) is 6.92 Å². The van der Waals surface area contributed by atoms with E-state index in [4.69, 9.17) is 25.4 Å². The third kappa shape index (κ3) is 13.5. The molecular weight excluding hydrogens is 282 g/mol. The van der Waals surface area contributed by atoms with Crippen molar-refractivity contribution < 1.29 is 19.7 Å². The molecule has 5 nitrogen and oxygen atoms in total. The maximum absolute atomic E-state index is 8.82. The third-order valence-electron chi connectivity index (χ3n) is 3.75. The predicted molar refractivity (Wildman–Crippen MR) is 89.5 cm³/mol. The Bertz CT molecular complexity index is 219. The van der Waals surface area contributed by atoms with Crippen LogP contribution < -0.4 is 5.73 Å². The SMILES string of the molecule is CCCCCCCCCCCCC(N)(OCCO)OCCO. The first kappa shape index (κ1) is 21.8. The summed E-state index contributed by atoms with van der Waals surface area (Å²) in [6.07, 6.45) is 13.2. The van der Waals surface area contributed by atoms with Crippen LogP contribution in [0.15, 0.2) is 0 Å². The summed E-state index contributed by atoms with van der Waals surface area (Å²) in [5.41, 5.74) is 6.01. The van der Waals surface area contributed by atoms with Crippen molar-refractivity contribution >= 4 is 0 Å². The van der Waals surface area contributed by atoms with Crippen LogP contribution in [-0.4, -0.2) is 42.6 Å². The van der Waals surface area contributed by atoms with Gasteiger partial charge in [0.05, 0.1) is 26.4 Å². The Balaban J connectivity index is 3.58. The molecule has 0 saturated carbocycles. The zero-order valence-corrected chi connectivity index (χ0v) is 14.4. The van der Waals surface area contributed by atoms with E-state index in [0.717, 1.165) is 12.8 Å². The summed E-state index contributed by atoms with van der Waals surface area (Å²) in [6.45, 7) is 2.38. The van der Waals surface area contributed by atoms with Gasteiger partial charge < -0.3 is 19.7 Å². The standard InChI is InChI=1S/C17H37NO4/c1-2-3-4-5-6-7-8-9-10-11-12-17(18,21-15-13-19)22-16-14-20/h19-20H,2-16,18H2,1H3. The molecule has 0 atom stereocenters. The van der Waals surface area contributed by atoms with Crippen LogP contribution in [-0.2, 0) is 9.47 Å².